The first-order valence-electron chi connectivity index (χ1n) is 13.3. The van der Waals surface area contributed by atoms with E-state index in [0.29, 0.717) is 12.0 Å². The maximum absolute atomic E-state index is 13.1. The molecule has 0 aliphatic heterocycles. The highest BCUT2D eigenvalue weighted by molar-refractivity contribution is 5.74. The molecule has 4 bridgehead atoms. The number of rotatable bonds is 11. The van der Waals surface area contributed by atoms with E-state index in [4.69, 9.17) is 0 Å². The summed E-state index contributed by atoms with van der Waals surface area (Å²) in [6.07, 6.45) is 14.4. The summed E-state index contributed by atoms with van der Waals surface area (Å²) in [5, 5.41) is 3.23. The lowest BCUT2D eigenvalue weighted by molar-refractivity contribution is -0.0596. The number of hydrogen-bond donors (Lipinski definition) is 1. The predicted octanol–water partition coefficient (Wildman–Crippen LogP) is 6.10. The molecule has 1 N–H and O–H groups in total. The summed E-state index contributed by atoms with van der Waals surface area (Å²) in [7, 11) is 4.12. The molecule has 4 saturated carbocycles. The van der Waals surface area contributed by atoms with Crippen molar-refractivity contribution in [3.63, 3.8) is 0 Å². The van der Waals surface area contributed by atoms with Crippen molar-refractivity contribution in [3.8, 4) is 0 Å². The fourth-order valence-electron chi connectivity index (χ4n) is 7.22. The summed E-state index contributed by atoms with van der Waals surface area (Å²) in [6, 6.07) is 8.80. The number of carbonyl (C=O) groups is 1. The second-order valence-corrected chi connectivity index (χ2v) is 11.4. The highest BCUT2D eigenvalue weighted by atomic mass is 16.2. The van der Waals surface area contributed by atoms with Crippen LogP contribution in [0.25, 0.3) is 0 Å². The molecule has 4 aliphatic carbocycles. The van der Waals surface area contributed by atoms with Crippen molar-refractivity contribution in [2.45, 2.75) is 77.6 Å². The van der Waals surface area contributed by atoms with Crippen molar-refractivity contribution >= 4 is 11.7 Å². The SMILES string of the molecule is CCCCCN(CCC12CC3CC(CC(C3)C1)C2)C(=O)NCCc1ccc(N(C)C)cc1. The van der Waals surface area contributed by atoms with Crippen LogP contribution in [0.3, 0.4) is 0 Å². The summed E-state index contributed by atoms with van der Waals surface area (Å²) in [5.41, 5.74) is 3.04. The summed E-state index contributed by atoms with van der Waals surface area (Å²) < 4.78 is 0. The van der Waals surface area contributed by atoms with E-state index in [1.807, 2.05) is 0 Å². The number of amides is 2. The Morgan fingerprint density at radius 3 is 2.16 bits per heavy atom. The van der Waals surface area contributed by atoms with E-state index in [9.17, 15) is 4.79 Å². The van der Waals surface area contributed by atoms with Crippen LogP contribution >= 0.6 is 0 Å². The van der Waals surface area contributed by atoms with Gasteiger partial charge in [0.05, 0.1) is 0 Å². The molecule has 1 aromatic carbocycles. The first-order valence-corrected chi connectivity index (χ1v) is 13.3. The Labute approximate surface area is 196 Å². The van der Waals surface area contributed by atoms with Crippen LogP contribution in [-0.2, 0) is 6.42 Å². The van der Waals surface area contributed by atoms with Crippen molar-refractivity contribution in [2.75, 3.05) is 38.6 Å². The van der Waals surface area contributed by atoms with E-state index >= 15 is 0 Å². The minimum absolute atomic E-state index is 0.149. The molecular weight excluding hydrogens is 394 g/mol. The van der Waals surface area contributed by atoms with E-state index in [-0.39, 0.29) is 6.03 Å². The summed E-state index contributed by atoms with van der Waals surface area (Å²) in [6.45, 7) is 4.80. The number of carbonyl (C=O) groups excluding carboxylic acids is 1. The summed E-state index contributed by atoms with van der Waals surface area (Å²) in [5.74, 6) is 2.97. The highest BCUT2D eigenvalue weighted by Crippen LogP contribution is 2.61. The fraction of sp³-hybridized carbons (Fsp3) is 0.750. The van der Waals surface area contributed by atoms with Gasteiger partial charge < -0.3 is 15.1 Å². The smallest absolute Gasteiger partial charge is 0.317 e. The second-order valence-electron chi connectivity index (χ2n) is 11.4. The van der Waals surface area contributed by atoms with Crippen LogP contribution in [0.2, 0.25) is 0 Å². The second kappa shape index (κ2) is 10.5. The molecule has 32 heavy (non-hydrogen) atoms. The number of urea groups is 1. The van der Waals surface area contributed by atoms with Crippen LogP contribution in [0.4, 0.5) is 10.5 Å². The number of unbranched alkanes of at least 4 members (excludes halogenated alkanes) is 2. The zero-order chi connectivity index (χ0) is 22.6. The monoisotopic (exact) mass is 439 g/mol. The normalized spacial score (nSPS) is 28.0. The lowest BCUT2D eigenvalue weighted by atomic mass is 9.49. The van der Waals surface area contributed by atoms with Gasteiger partial charge in [-0.2, -0.15) is 0 Å². The number of benzene rings is 1. The molecular formula is C28H45N3O. The maximum atomic E-state index is 13.1. The number of hydrogen-bond acceptors (Lipinski definition) is 2. The van der Waals surface area contributed by atoms with Crippen LogP contribution in [0, 0.1) is 23.2 Å². The van der Waals surface area contributed by atoms with Crippen molar-refractivity contribution in [1.29, 1.82) is 0 Å². The van der Waals surface area contributed by atoms with E-state index in [2.05, 4.69) is 60.4 Å². The first-order chi connectivity index (χ1) is 15.5. The molecule has 4 heteroatoms. The van der Waals surface area contributed by atoms with Gasteiger partial charge in [-0.1, -0.05) is 31.9 Å². The zero-order valence-electron chi connectivity index (χ0n) is 20.7. The Bertz CT molecular complexity index is 706. The molecule has 0 radical (unpaired) electrons. The first kappa shape index (κ1) is 23.4. The third-order valence-electron chi connectivity index (χ3n) is 8.54. The molecule has 4 fully saturated rings. The number of anilines is 1. The molecule has 0 aromatic heterocycles. The Kier molecular flexibility index (Phi) is 7.68. The van der Waals surface area contributed by atoms with Gasteiger partial charge in [-0.15, -0.1) is 0 Å². The van der Waals surface area contributed by atoms with Gasteiger partial charge in [-0.25, -0.2) is 4.79 Å². The van der Waals surface area contributed by atoms with Gasteiger partial charge in [0, 0.05) is 39.4 Å². The van der Waals surface area contributed by atoms with Gasteiger partial charge in [0.1, 0.15) is 0 Å². The Hall–Kier alpha value is -1.71. The number of nitrogens with zero attached hydrogens (tertiary/aromatic N) is 2. The minimum Gasteiger partial charge on any atom is -0.378 e. The third-order valence-corrected chi connectivity index (χ3v) is 8.54. The largest absolute Gasteiger partial charge is 0.378 e. The Balaban J connectivity index is 1.28. The maximum Gasteiger partial charge on any atom is 0.317 e. The van der Waals surface area contributed by atoms with E-state index in [1.54, 1.807) is 0 Å². The minimum atomic E-state index is 0.149. The molecule has 0 saturated heterocycles. The zero-order valence-corrected chi connectivity index (χ0v) is 20.7. The van der Waals surface area contributed by atoms with Crippen LogP contribution in [0.5, 0.6) is 0 Å². The summed E-state index contributed by atoms with van der Waals surface area (Å²) in [4.78, 5) is 17.4. The fourth-order valence-corrected chi connectivity index (χ4v) is 7.22. The Morgan fingerprint density at radius 2 is 1.59 bits per heavy atom. The number of nitrogens with one attached hydrogen (secondary N) is 1. The van der Waals surface area contributed by atoms with Crippen molar-refractivity contribution in [3.05, 3.63) is 29.8 Å². The molecule has 0 spiro atoms. The van der Waals surface area contributed by atoms with Gasteiger partial charge in [0.15, 0.2) is 0 Å². The van der Waals surface area contributed by atoms with Crippen LogP contribution in [0.1, 0.15) is 76.7 Å². The predicted molar refractivity (Wildman–Crippen MR) is 134 cm³/mol. The topological polar surface area (TPSA) is 35.6 Å². The molecule has 4 nitrogen and oxygen atoms in total. The molecule has 0 unspecified atom stereocenters. The average Bonchev–Trinajstić information content (AvgIpc) is 2.75. The molecule has 0 atom stereocenters. The quantitative estimate of drug-likeness (QED) is 0.423. The van der Waals surface area contributed by atoms with Crippen LogP contribution in [-0.4, -0.2) is 44.7 Å². The lowest BCUT2D eigenvalue weighted by Crippen LogP contribution is -2.48. The highest BCUT2D eigenvalue weighted by Gasteiger charge is 2.50. The van der Waals surface area contributed by atoms with Crippen molar-refractivity contribution < 1.29 is 4.79 Å². The third kappa shape index (κ3) is 5.80. The van der Waals surface area contributed by atoms with E-state index in [0.717, 1.165) is 43.7 Å². The van der Waals surface area contributed by atoms with Gasteiger partial charge in [0.2, 0.25) is 0 Å². The molecule has 178 valence electrons. The molecule has 2 amide bonds. The Morgan fingerprint density at radius 1 is 0.969 bits per heavy atom. The summed E-state index contributed by atoms with van der Waals surface area (Å²) >= 11 is 0. The molecule has 1 aromatic rings. The van der Waals surface area contributed by atoms with Crippen molar-refractivity contribution in [2.24, 2.45) is 23.2 Å². The van der Waals surface area contributed by atoms with Gasteiger partial charge in [-0.3, -0.25) is 0 Å². The van der Waals surface area contributed by atoms with Gasteiger partial charge in [0.25, 0.3) is 0 Å². The van der Waals surface area contributed by atoms with Crippen LogP contribution in [0.15, 0.2) is 24.3 Å². The van der Waals surface area contributed by atoms with Crippen LogP contribution < -0.4 is 10.2 Å². The van der Waals surface area contributed by atoms with Gasteiger partial charge in [-0.05, 0) is 98.7 Å². The lowest BCUT2D eigenvalue weighted by Gasteiger charge is -2.57. The molecule has 4 aliphatic rings. The van der Waals surface area contributed by atoms with E-state index < -0.39 is 0 Å². The average molecular weight is 440 g/mol. The standard InChI is InChI=1S/C28H45N3O/c1-4-5-6-14-31(15-12-28-19-23-16-24(20-28)18-25(17-23)21-28)27(32)29-13-11-22-7-9-26(10-8-22)30(2)3/h7-10,23-25H,4-6,11-21H2,1-3H3,(H,29,32). The van der Waals surface area contributed by atoms with E-state index in [1.165, 1.54) is 69.0 Å². The van der Waals surface area contributed by atoms with Gasteiger partial charge >= 0.3 is 6.03 Å². The van der Waals surface area contributed by atoms with Crippen molar-refractivity contribution in [1.82, 2.24) is 10.2 Å². The molecule has 0 heterocycles. The molecule has 5 rings (SSSR count).